The molecule has 1 rings (SSSR count). The number of hydrogen-bond donors (Lipinski definition) is 2. The molecule has 0 saturated heterocycles. The number of nitrogens with two attached hydrogens (primary N) is 1. The lowest BCUT2D eigenvalue weighted by molar-refractivity contribution is 0.527. The normalized spacial score (nSPS) is 13.4. The number of anilines is 1. The zero-order valence-corrected chi connectivity index (χ0v) is 13.7. The summed E-state index contributed by atoms with van der Waals surface area (Å²) in [4.78, 5) is 0.190. The third kappa shape index (κ3) is 5.12. The molecule has 0 bridgehead atoms. The Kier molecular flexibility index (Phi) is 6.29. The van der Waals surface area contributed by atoms with Gasteiger partial charge in [-0.1, -0.05) is 26.2 Å². The van der Waals surface area contributed by atoms with E-state index in [1.807, 2.05) is 6.92 Å². The van der Waals surface area contributed by atoms with Crippen LogP contribution in [0.15, 0.2) is 27.6 Å². The molecule has 1 atom stereocenters. The van der Waals surface area contributed by atoms with Crippen LogP contribution in [0.3, 0.4) is 0 Å². The van der Waals surface area contributed by atoms with E-state index in [9.17, 15) is 8.42 Å². The molecule has 0 fully saturated rings. The van der Waals surface area contributed by atoms with Crippen LogP contribution in [0.2, 0.25) is 0 Å². The van der Waals surface area contributed by atoms with Gasteiger partial charge in [0.1, 0.15) is 0 Å². The zero-order valence-electron chi connectivity index (χ0n) is 11.3. The Morgan fingerprint density at radius 2 is 2.05 bits per heavy atom. The van der Waals surface area contributed by atoms with Gasteiger partial charge < -0.3 is 5.73 Å². The average molecular weight is 349 g/mol. The van der Waals surface area contributed by atoms with Crippen molar-refractivity contribution in [3.63, 3.8) is 0 Å². The molecule has 3 N–H and O–H groups in total. The van der Waals surface area contributed by atoms with Gasteiger partial charge in [-0.25, -0.2) is 13.1 Å². The number of nitrogens with one attached hydrogen (secondary N) is 1. The fourth-order valence-electron chi connectivity index (χ4n) is 1.81. The lowest BCUT2D eigenvalue weighted by atomic mass is 10.1. The first-order valence-electron chi connectivity index (χ1n) is 6.44. The molecule has 0 aliphatic carbocycles. The smallest absolute Gasteiger partial charge is 0.242 e. The van der Waals surface area contributed by atoms with Gasteiger partial charge in [0.2, 0.25) is 10.0 Å². The molecular weight excluding hydrogens is 328 g/mol. The summed E-state index contributed by atoms with van der Waals surface area (Å²) < 4.78 is 27.7. The van der Waals surface area contributed by atoms with Crippen LogP contribution in [-0.4, -0.2) is 14.5 Å². The Morgan fingerprint density at radius 1 is 1.37 bits per heavy atom. The van der Waals surface area contributed by atoms with Crippen molar-refractivity contribution in [2.45, 2.75) is 50.5 Å². The van der Waals surface area contributed by atoms with Crippen molar-refractivity contribution < 1.29 is 8.42 Å². The van der Waals surface area contributed by atoms with Crippen LogP contribution >= 0.6 is 15.9 Å². The highest BCUT2D eigenvalue weighted by Gasteiger charge is 2.20. The van der Waals surface area contributed by atoms with E-state index >= 15 is 0 Å². The van der Waals surface area contributed by atoms with Crippen LogP contribution in [0.25, 0.3) is 0 Å². The van der Waals surface area contributed by atoms with Gasteiger partial charge in [-0.3, -0.25) is 0 Å². The highest BCUT2D eigenvalue weighted by molar-refractivity contribution is 9.10. The van der Waals surface area contributed by atoms with Crippen LogP contribution in [-0.2, 0) is 10.0 Å². The SMILES string of the molecule is CCCCCC(C)NS(=O)(=O)c1cc(N)ccc1Br. The summed E-state index contributed by atoms with van der Waals surface area (Å²) in [6, 6.07) is 4.69. The standard InChI is InChI=1S/C13H21BrN2O2S/c1-3-4-5-6-10(2)16-19(17,18)13-9-11(15)7-8-12(13)14/h7-10,16H,3-6,15H2,1-2H3. The first-order chi connectivity index (χ1) is 8.86. The molecule has 0 aliphatic heterocycles. The number of nitrogen functional groups attached to an aromatic ring is 1. The molecule has 0 spiro atoms. The van der Waals surface area contributed by atoms with Gasteiger partial charge in [0.05, 0.1) is 4.90 Å². The van der Waals surface area contributed by atoms with E-state index in [1.54, 1.807) is 12.1 Å². The van der Waals surface area contributed by atoms with Crippen molar-refractivity contribution in [1.29, 1.82) is 0 Å². The van der Waals surface area contributed by atoms with Crippen LogP contribution < -0.4 is 10.5 Å². The second-order valence-electron chi connectivity index (χ2n) is 4.71. The molecule has 0 radical (unpaired) electrons. The highest BCUT2D eigenvalue weighted by atomic mass is 79.9. The monoisotopic (exact) mass is 348 g/mol. The fraction of sp³-hybridized carbons (Fsp3) is 0.538. The van der Waals surface area contributed by atoms with Gasteiger partial charge in [0.15, 0.2) is 0 Å². The number of sulfonamides is 1. The van der Waals surface area contributed by atoms with Crippen molar-refractivity contribution >= 4 is 31.6 Å². The molecule has 1 aromatic carbocycles. The number of rotatable bonds is 7. The maximum atomic E-state index is 12.3. The molecule has 19 heavy (non-hydrogen) atoms. The summed E-state index contributed by atoms with van der Waals surface area (Å²) in [6.45, 7) is 4.01. The van der Waals surface area contributed by atoms with Crippen LogP contribution in [0.5, 0.6) is 0 Å². The molecule has 6 heteroatoms. The molecule has 1 aromatic rings. The molecule has 1 unspecified atom stereocenters. The average Bonchev–Trinajstić information content (AvgIpc) is 2.32. The second-order valence-corrected chi connectivity index (χ2v) is 7.24. The Morgan fingerprint density at radius 3 is 2.68 bits per heavy atom. The summed E-state index contributed by atoms with van der Waals surface area (Å²) >= 11 is 3.25. The largest absolute Gasteiger partial charge is 0.399 e. The van der Waals surface area contributed by atoms with E-state index in [2.05, 4.69) is 27.6 Å². The first kappa shape index (κ1) is 16.5. The molecule has 0 amide bonds. The van der Waals surface area contributed by atoms with E-state index < -0.39 is 10.0 Å². The second kappa shape index (κ2) is 7.26. The molecular formula is C13H21BrN2O2S. The van der Waals surface area contributed by atoms with Crippen LogP contribution in [0, 0.1) is 0 Å². The lowest BCUT2D eigenvalue weighted by Crippen LogP contribution is -2.32. The first-order valence-corrected chi connectivity index (χ1v) is 8.71. The quantitative estimate of drug-likeness (QED) is 0.586. The third-order valence-corrected chi connectivity index (χ3v) is 5.43. The summed E-state index contributed by atoms with van der Waals surface area (Å²) in [5.74, 6) is 0. The van der Waals surface area contributed by atoms with Gasteiger partial charge in [0.25, 0.3) is 0 Å². The Bertz CT molecular complexity index is 517. The summed E-state index contributed by atoms with van der Waals surface area (Å²) in [7, 11) is -3.53. The van der Waals surface area contributed by atoms with Gasteiger partial charge in [-0.2, -0.15) is 0 Å². The number of benzene rings is 1. The Hall–Kier alpha value is -0.590. The molecule has 4 nitrogen and oxygen atoms in total. The zero-order chi connectivity index (χ0) is 14.5. The van der Waals surface area contributed by atoms with Crippen molar-refractivity contribution in [3.8, 4) is 0 Å². The van der Waals surface area contributed by atoms with Crippen LogP contribution in [0.4, 0.5) is 5.69 Å². The van der Waals surface area contributed by atoms with E-state index in [0.717, 1.165) is 25.7 Å². The molecule has 0 saturated carbocycles. The van der Waals surface area contributed by atoms with Crippen molar-refractivity contribution in [2.75, 3.05) is 5.73 Å². The van der Waals surface area contributed by atoms with E-state index in [1.165, 1.54) is 6.07 Å². The highest BCUT2D eigenvalue weighted by Crippen LogP contribution is 2.24. The molecule has 0 heterocycles. The number of hydrogen-bond acceptors (Lipinski definition) is 3. The minimum Gasteiger partial charge on any atom is -0.399 e. The summed E-state index contributed by atoms with van der Waals surface area (Å²) in [5, 5.41) is 0. The number of unbranched alkanes of at least 4 members (excludes halogenated alkanes) is 2. The maximum absolute atomic E-state index is 12.3. The Labute approximate surface area is 124 Å². The van der Waals surface area contributed by atoms with E-state index in [-0.39, 0.29) is 10.9 Å². The van der Waals surface area contributed by atoms with E-state index in [0.29, 0.717) is 10.2 Å². The number of halogens is 1. The van der Waals surface area contributed by atoms with Gasteiger partial charge >= 0.3 is 0 Å². The topological polar surface area (TPSA) is 72.2 Å². The van der Waals surface area contributed by atoms with Crippen molar-refractivity contribution in [2.24, 2.45) is 0 Å². The predicted molar refractivity (Wildman–Crippen MR) is 82.5 cm³/mol. The van der Waals surface area contributed by atoms with Crippen molar-refractivity contribution in [3.05, 3.63) is 22.7 Å². The Balaban J connectivity index is 2.78. The van der Waals surface area contributed by atoms with E-state index in [4.69, 9.17) is 5.73 Å². The van der Waals surface area contributed by atoms with Gasteiger partial charge in [-0.05, 0) is 47.5 Å². The molecule has 108 valence electrons. The van der Waals surface area contributed by atoms with Crippen molar-refractivity contribution in [1.82, 2.24) is 4.72 Å². The predicted octanol–water partition coefficient (Wildman–Crippen LogP) is 3.28. The summed E-state index contributed by atoms with van der Waals surface area (Å²) in [5.41, 5.74) is 6.07. The minimum absolute atomic E-state index is 0.0788. The molecule has 0 aromatic heterocycles. The van der Waals surface area contributed by atoms with Gasteiger partial charge in [-0.15, -0.1) is 0 Å². The lowest BCUT2D eigenvalue weighted by Gasteiger charge is -2.15. The van der Waals surface area contributed by atoms with Crippen LogP contribution in [0.1, 0.15) is 39.5 Å². The minimum atomic E-state index is -3.53. The third-order valence-electron chi connectivity index (χ3n) is 2.84. The maximum Gasteiger partial charge on any atom is 0.242 e. The van der Waals surface area contributed by atoms with Gasteiger partial charge in [0, 0.05) is 16.2 Å². The summed E-state index contributed by atoms with van der Waals surface area (Å²) in [6.07, 6.45) is 4.11. The fourth-order valence-corrected chi connectivity index (χ4v) is 4.09. The molecule has 0 aliphatic rings.